The van der Waals surface area contributed by atoms with Crippen molar-refractivity contribution in [2.45, 2.75) is 25.3 Å². The third-order valence-electron chi connectivity index (χ3n) is 3.17. The van der Waals surface area contributed by atoms with Gasteiger partial charge in [0.1, 0.15) is 5.54 Å². The van der Waals surface area contributed by atoms with Crippen molar-refractivity contribution < 1.29 is 14.7 Å². The van der Waals surface area contributed by atoms with Crippen LogP contribution >= 0.6 is 0 Å². The molecule has 2 N–H and O–H groups in total. The number of amides is 1. The highest BCUT2D eigenvalue weighted by atomic mass is 16.4. The zero-order chi connectivity index (χ0) is 10.3. The lowest BCUT2D eigenvalue weighted by Gasteiger charge is -2.31. The van der Waals surface area contributed by atoms with E-state index in [1.807, 2.05) is 12.2 Å². The number of hydrogen-bond acceptors (Lipinski definition) is 2. The van der Waals surface area contributed by atoms with Crippen LogP contribution in [-0.2, 0) is 9.59 Å². The van der Waals surface area contributed by atoms with Crippen molar-refractivity contribution in [1.29, 1.82) is 0 Å². The first-order valence-corrected chi connectivity index (χ1v) is 4.75. The number of aliphatic carboxylic acids is 1. The van der Waals surface area contributed by atoms with Crippen molar-refractivity contribution in [1.82, 2.24) is 5.32 Å². The minimum Gasteiger partial charge on any atom is -0.479 e. The molecule has 0 unspecified atom stereocenters. The first-order chi connectivity index (χ1) is 6.54. The molecule has 76 valence electrons. The summed E-state index contributed by atoms with van der Waals surface area (Å²) in [7, 11) is 0. The molecule has 1 fully saturated rings. The van der Waals surface area contributed by atoms with Crippen LogP contribution in [0, 0.1) is 11.8 Å². The average Bonchev–Trinajstić information content (AvgIpc) is 2.61. The Bertz CT molecular complexity index is 323. The van der Waals surface area contributed by atoms with E-state index in [1.165, 1.54) is 6.92 Å². The van der Waals surface area contributed by atoms with Gasteiger partial charge in [0.2, 0.25) is 5.91 Å². The lowest BCUT2D eigenvalue weighted by molar-refractivity contribution is -0.148. The maximum Gasteiger partial charge on any atom is 0.330 e. The summed E-state index contributed by atoms with van der Waals surface area (Å²) >= 11 is 0. The summed E-state index contributed by atoms with van der Waals surface area (Å²) in [6.45, 7) is 1.36. The molecule has 0 saturated heterocycles. The van der Waals surface area contributed by atoms with Crippen molar-refractivity contribution in [2.75, 3.05) is 0 Å². The summed E-state index contributed by atoms with van der Waals surface area (Å²) in [5.41, 5.74) is -1.04. The highest BCUT2D eigenvalue weighted by molar-refractivity contribution is 5.87. The van der Waals surface area contributed by atoms with Gasteiger partial charge in [-0.05, 0) is 18.8 Å². The number of carbonyl (C=O) groups is 2. The zero-order valence-electron chi connectivity index (χ0n) is 7.99. The highest BCUT2D eigenvalue weighted by Crippen LogP contribution is 2.46. The summed E-state index contributed by atoms with van der Waals surface area (Å²) in [5.74, 6) is -0.894. The van der Waals surface area contributed by atoms with Crippen molar-refractivity contribution in [3.8, 4) is 0 Å². The topological polar surface area (TPSA) is 66.4 Å². The van der Waals surface area contributed by atoms with Gasteiger partial charge in [0, 0.05) is 12.8 Å². The standard InChI is InChI=1S/C10H13NO3/c1-6(12)11-10(9(13)14)5-7-2-3-8(10)4-7/h2-3,7-8H,4-5H2,1H3,(H,11,12)(H,13,14)/t7-,8+,10-/m1/s1. The van der Waals surface area contributed by atoms with E-state index in [1.54, 1.807) is 0 Å². The van der Waals surface area contributed by atoms with Crippen LogP contribution in [0.15, 0.2) is 12.2 Å². The Kier molecular flexibility index (Phi) is 1.87. The Morgan fingerprint density at radius 3 is 2.57 bits per heavy atom. The van der Waals surface area contributed by atoms with E-state index in [2.05, 4.69) is 5.32 Å². The van der Waals surface area contributed by atoms with Gasteiger partial charge in [-0.25, -0.2) is 4.79 Å². The largest absolute Gasteiger partial charge is 0.479 e. The smallest absolute Gasteiger partial charge is 0.330 e. The Hall–Kier alpha value is -1.32. The first kappa shape index (κ1) is 9.24. The minimum atomic E-state index is -1.04. The van der Waals surface area contributed by atoms with Crippen LogP contribution in [0.4, 0.5) is 0 Å². The summed E-state index contributed by atoms with van der Waals surface area (Å²) in [5, 5.41) is 11.8. The molecule has 0 heterocycles. The summed E-state index contributed by atoms with van der Waals surface area (Å²) in [4.78, 5) is 22.2. The van der Waals surface area contributed by atoms with E-state index in [-0.39, 0.29) is 11.8 Å². The van der Waals surface area contributed by atoms with Gasteiger partial charge in [0.25, 0.3) is 0 Å². The molecule has 14 heavy (non-hydrogen) atoms. The van der Waals surface area contributed by atoms with Crippen molar-refractivity contribution in [3.05, 3.63) is 12.2 Å². The molecule has 1 amide bonds. The lowest BCUT2D eigenvalue weighted by atomic mass is 9.84. The SMILES string of the molecule is CC(=O)N[C@]1(C(=O)O)C[C@@H]2C=C[C@H]1C2. The molecule has 0 radical (unpaired) electrons. The molecule has 0 aliphatic heterocycles. The highest BCUT2D eigenvalue weighted by Gasteiger charge is 2.54. The van der Waals surface area contributed by atoms with Crippen LogP contribution in [0.3, 0.4) is 0 Å². The van der Waals surface area contributed by atoms with Crippen LogP contribution in [-0.4, -0.2) is 22.5 Å². The molecule has 2 bridgehead atoms. The molecular weight excluding hydrogens is 182 g/mol. The number of fused-ring (bicyclic) bond motifs is 2. The van der Waals surface area contributed by atoms with Crippen molar-refractivity contribution in [2.24, 2.45) is 11.8 Å². The van der Waals surface area contributed by atoms with Gasteiger partial charge < -0.3 is 10.4 Å². The van der Waals surface area contributed by atoms with Crippen LogP contribution in [0.5, 0.6) is 0 Å². The van der Waals surface area contributed by atoms with Crippen molar-refractivity contribution in [3.63, 3.8) is 0 Å². The van der Waals surface area contributed by atoms with Gasteiger partial charge in [-0.15, -0.1) is 0 Å². The van der Waals surface area contributed by atoms with E-state index in [0.29, 0.717) is 12.3 Å². The number of hydrogen-bond donors (Lipinski definition) is 2. The Balaban J connectivity index is 2.29. The molecule has 3 atom stereocenters. The van der Waals surface area contributed by atoms with Gasteiger partial charge in [0.05, 0.1) is 0 Å². The van der Waals surface area contributed by atoms with Crippen LogP contribution in [0.2, 0.25) is 0 Å². The fraction of sp³-hybridized carbons (Fsp3) is 0.600. The van der Waals surface area contributed by atoms with Gasteiger partial charge in [-0.1, -0.05) is 12.2 Å². The maximum absolute atomic E-state index is 11.2. The Labute approximate surface area is 82.0 Å². The maximum atomic E-state index is 11.2. The molecule has 2 rings (SSSR count). The molecule has 0 aromatic heterocycles. The molecule has 0 aromatic carbocycles. The second-order valence-electron chi connectivity index (χ2n) is 4.15. The number of rotatable bonds is 2. The lowest BCUT2D eigenvalue weighted by Crippen LogP contribution is -2.56. The number of nitrogens with one attached hydrogen (secondary N) is 1. The predicted molar refractivity (Wildman–Crippen MR) is 49.5 cm³/mol. The second-order valence-corrected chi connectivity index (χ2v) is 4.15. The van der Waals surface area contributed by atoms with Crippen LogP contribution in [0.1, 0.15) is 19.8 Å². The molecule has 2 aliphatic rings. The van der Waals surface area contributed by atoms with Gasteiger partial charge in [-0.3, -0.25) is 4.79 Å². The number of allylic oxidation sites excluding steroid dienone is 1. The minimum absolute atomic E-state index is 0.0334. The monoisotopic (exact) mass is 195 g/mol. The zero-order valence-corrected chi connectivity index (χ0v) is 7.99. The summed E-state index contributed by atoms with van der Waals surface area (Å²) in [6.07, 6.45) is 5.35. The molecular formula is C10H13NO3. The Morgan fingerprint density at radius 1 is 1.50 bits per heavy atom. The average molecular weight is 195 g/mol. The third kappa shape index (κ3) is 1.14. The number of carboxylic acid groups (broad SMARTS) is 1. The van der Waals surface area contributed by atoms with E-state index in [9.17, 15) is 14.7 Å². The Morgan fingerprint density at radius 2 is 2.21 bits per heavy atom. The van der Waals surface area contributed by atoms with E-state index in [4.69, 9.17) is 0 Å². The normalized spacial score (nSPS) is 38.6. The fourth-order valence-electron chi connectivity index (χ4n) is 2.61. The quantitative estimate of drug-likeness (QED) is 0.632. The third-order valence-corrected chi connectivity index (χ3v) is 3.17. The van der Waals surface area contributed by atoms with E-state index >= 15 is 0 Å². The van der Waals surface area contributed by atoms with Gasteiger partial charge >= 0.3 is 5.97 Å². The van der Waals surface area contributed by atoms with Crippen LogP contribution < -0.4 is 5.32 Å². The molecule has 0 aromatic rings. The van der Waals surface area contributed by atoms with Crippen LogP contribution in [0.25, 0.3) is 0 Å². The molecule has 1 saturated carbocycles. The summed E-state index contributed by atoms with van der Waals surface area (Å²) in [6, 6.07) is 0. The number of carboxylic acids is 1. The summed E-state index contributed by atoms with van der Waals surface area (Å²) < 4.78 is 0. The van der Waals surface area contributed by atoms with E-state index < -0.39 is 11.5 Å². The molecule has 0 spiro atoms. The van der Waals surface area contributed by atoms with Gasteiger partial charge in [-0.2, -0.15) is 0 Å². The molecule has 4 heteroatoms. The fourth-order valence-corrected chi connectivity index (χ4v) is 2.61. The number of carbonyl (C=O) groups excluding carboxylic acids is 1. The van der Waals surface area contributed by atoms with E-state index in [0.717, 1.165) is 6.42 Å². The predicted octanol–water partition coefficient (Wildman–Crippen LogP) is 0.542. The molecule has 4 nitrogen and oxygen atoms in total. The van der Waals surface area contributed by atoms with Crippen molar-refractivity contribution >= 4 is 11.9 Å². The first-order valence-electron chi connectivity index (χ1n) is 4.75. The molecule has 2 aliphatic carbocycles. The van der Waals surface area contributed by atoms with Gasteiger partial charge in [0.15, 0.2) is 0 Å². The second kappa shape index (κ2) is 2.83.